The molecule has 3 aliphatic rings. The standard InChI is InChI=1S/C24H44O21/c25-1-6(29)11(31)20(7(30)2-26)44-24-19(39)16(36)21(9(4-28)42-24)45-23-18(38)15(35)13(33)10(43-23)5-40-22-17(37)14(34)12(32)8(3-27)41-22/h6-39H,1-5H2/t6-,7+,8+,9+,10+,11+,12+,13+,14-,15-,16+,17+,18+,19+,20+,21+,22+,23-,24-/m0/s1. The molecule has 0 bridgehead atoms. The van der Waals surface area contributed by atoms with E-state index >= 15 is 0 Å². The minimum absolute atomic E-state index is 0.699. The normalized spacial score (nSPS) is 45.5. The van der Waals surface area contributed by atoms with E-state index in [0.717, 1.165) is 0 Å². The Labute approximate surface area is 255 Å². The molecule has 0 aromatic carbocycles. The van der Waals surface area contributed by atoms with Gasteiger partial charge in [0, 0.05) is 0 Å². The van der Waals surface area contributed by atoms with Crippen molar-refractivity contribution in [3.05, 3.63) is 0 Å². The van der Waals surface area contributed by atoms with E-state index in [1.807, 2.05) is 0 Å². The average Bonchev–Trinajstić information content (AvgIpc) is 3.04. The fraction of sp³-hybridized carbons (Fsp3) is 1.00. The maximum absolute atomic E-state index is 10.8. The van der Waals surface area contributed by atoms with Crippen LogP contribution in [-0.4, -0.2) is 226 Å². The molecule has 3 saturated heterocycles. The Bertz CT molecular complexity index is 869. The Balaban J connectivity index is 1.70. The molecule has 19 atom stereocenters. The summed E-state index contributed by atoms with van der Waals surface area (Å²) in [5.41, 5.74) is 0. The predicted molar refractivity (Wildman–Crippen MR) is 136 cm³/mol. The molecule has 15 N–H and O–H groups in total. The number of hydrogen-bond acceptors (Lipinski definition) is 21. The highest BCUT2D eigenvalue weighted by Crippen LogP contribution is 2.31. The second kappa shape index (κ2) is 17.0. The van der Waals surface area contributed by atoms with Gasteiger partial charge in [-0.25, -0.2) is 0 Å². The maximum atomic E-state index is 10.8. The molecule has 0 amide bonds. The zero-order chi connectivity index (χ0) is 33.7. The largest absolute Gasteiger partial charge is 0.394 e. The van der Waals surface area contributed by atoms with Crippen LogP contribution in [0.4, 0.5) is 0 Å². The van der Waals surface area contributed by atoms with Gasteiger partial charge in [-0.05, 0) is 0 Å². The zero-order valence-corrected chi connectivity index (χ0v) is 23.7. The Kier molecular flexibility index (Phi) is 14.6. The highest BCUT2D eigenvalue weighted by Gasteiger charge is 2.52. The number of ether oxygens (including phenoxy) is 6. The van der Waals surface area contributed by atoms with Gasteiger partial charge in [-0.15, -0.1) is 0 Å². The SMILES string of the molecule is OC[C@@H](O)[C@@H](O[C@@H]1O[C@H](CO)[C@@H](O[C@@H]2O[C@H](CO[C@@H]3O[C@H](CO)[C@@H](O)[C@H](O)[C@H]3O)[C@@H](O)[C@H](O)[C@H]2O)[C@H](O)[C@H]1O)[C@H](O)[C@@H](O)CO. The van der Waals surface area contributed by atoms with Crippen LogP contribution in [0.1, 0.15) is 0 Å². The van der Waals surface area contributed by atoms with Crippen LogP contribution < -0.4 is 0 Å². The van der Waals surface area contributed by atoms with Crippen LogP contribution in [0.25, 0.3) is 0 Å². The molecule has 0 spiro atoms. The molecule has 0 unspecified atom stereocenters. The smallest absolute Gasteiger partial charge is 0.187 e. The van der Waals surface area contributed by atoms with Crippen LogP contribution in [0.15, 0.2) is 0 Å². The van der Waals surface area contributed by atoms with Crippen LogP contribution in [0.2, 0.25) is 0 Å². The Hall–Kier alpha value is -0.840. The third kappa shape index (κ3) is 8.61. The fourth-order valence-electron chi connectivity index (χ4n) is 5.03. The summed E-state index contributed by atoms with van der Waals surface area (Å²) in [5, 5.41) is 150. The molecule has 3 aliphatic heterocycles. The fourth-order valence-corrected chi connectivity index (χ4v) is 5.03. The van der Waals surface area contributed by atoms with Gasteiger partial charge in [-0.1, -0.05) is 0 Å². The van der Waals surface area contributed by atoms with E-state index in [9.17, 15) is 71.5 Å². The van der Waals surface area contributed by atoms with Gasteiger partial charge in [-0.2, -0.15) is 0 Å². The summed E-state index contributed by atoms with van der Waals surface area (Å²) in [6.45, 7) is -4.38. The van der Waals surface area contributed by atoms with Gasteiger partial charge in [0.05, 0.1) is 33.0 Å². The lowest BCUT2D eigenvalue weighted by Gasteiger charge is -2.47. The van der Waals surface area contributed by atoms with Crippen molar-refractivity contribution >= 4 is 0 Å². The van der Waals surface area contributed by atoms with Gasteiger partial charge in [0.1, 0.15) is 97.7 Å². The molecule has 3 heterocycles. The number of aliphatic hydroxyl groups is 15. The zero-order valence-electron chi connectivity index (χ0n) is 23.7. The van der Waals surface area contributed by atoms with Crippen molar-refractivity contribution in [2.45, 2.75) is 117 Å². The monoisotopic (exact) mass is 668 g/mol. The Morgan fingerprint density at radius 3 is 1.56 bits per heavy atom. The van der Waals surface area contributed by atoms with Crippen molar-refractivity contribution in [3.63, 3.8) is 0 Å². The van der Waals surface area contributed by atoms with Crippen molar-refractivity contribution in [2.75, 3.05) is 33.0 Å². The van der Waals surface area contributed by atoms with E-state index in [1.54, 1.807) is 0 Å². The quantitative estimate of drug-likeness (QED) is 0.0816. The molecular formula is C24H44O21. The van der Waals surface area contributed by atoms with Gasteiger partial charge in [0.25, 0.3) is 0 Å². The summed E-state index contributed by atoms with van der Waals surface area (Å²) in [7, 11) is 0. The van der Waals surface area contributed by atoms with Crippen LogP contribution in [0, 0.1) is 0 Å². The first kappa shape index (κ1) is 38.6. The van der Waals surface area contributed by atoms with Crippen LogP contribution >= 0.6 is 0 Å². The summed E-state index contributed by atoms with van der Waals surface area (Å²) in [6, 6.07) is 0. The second-order valence-corrected chi connectivity index (χ2v) is 10.9. The third-order valence-electron chi connectivity index (χ3n) is 7.83. The molecule has 266 valence electrons. The predicted octanol–water partition coefficient (Wildman–Crippen LogP) is -10.1. The van der Waals surface area contributed by atoms with Crippen molar-refractivity contribution < 1.29 is 105 Å². The van der Waals surface area contributed by atoms with Crippen LogP contribution in [-0.2, 0) is 28.4 Å². The molecule has 0 aromatic rings. The maximum Gasteiger partial charge on any atom is 0.187 e. The molecule has 0 radical (unpaired) electrons. The molecule has 3 fully saturated rings. The highest BCUT2D eigenvalue weighted by atomic mass is 16.8. The van der Waals surface area contributed by atoms with Gasteiger partial charge in [0.15, 0.2) is 18.9 Å². The Morgan fingerprint density at radius 2 is 1.00 bits per heavy atom. The lowest BCUT2D eigenvalue weighted by atomic mass is 9.96. The minimum Gasteiger partial charge on any atom is -0.394 e. The number of aliphatic hydroxyl groups excluding tert-OH is 15. The lowest BCUT2D eigenvalue weighted by Crippen LogP contribution is -2.65. The topological polar surface area (TPSA) is 359 Å². The first-order valence-electron chi connectivity index (χ1n) is 14.0. The molecule has 0 saturated carbocycles. The number of rotatable bonds is 14. The molecule has 0 aliphatic carbocycles. The van der Waals surface area contributed by atoms with E-state index in [-0.39, 0.29) is 0 Å². The first-order valence-corrected chi connectivity index (χ1v) is 14.0. The molecule has 21 heteroatoms. The van der Waals surface area contributed by atoms with Gasteiger partial charge < -0.3 is 105 Å². The first-order chi connectivity index (χ1) is 21.2. The molecule has 45 heavy (non-hydrogen) atoms. The van der Waals surface area contributed by atoms with Gasteiger partial charge in [-0.3, -0.25) is 0 Å². The summed E-state index contributed by atoms with van der Waals surface area (Å²) in [4.78, 5) is 0. The summed E-state index contributed by atoms with van der Waals surface area (Å²) < 4.78 is 32.3. The van der Waals surface area contributed by atoms with Crippen LogP contribution in [0.5, 0.6) is 0 Å². The van der Waals surface area contributed by atoms with Crippen molar-refractivity contribution in [3.8, 4) is 0 Å². The summed E-state index contributed by atoms with van der Waals surface area (Å²) in [5.74, 6) is 0. The van der Waals surface area contributed by atoms with E-state index in [0.29, 0.717) is 0 Å². The molecular weight excluding hydrogens is 624 g/mol. The average molecular weight is 669 g/mol. The number of hydrogen-bond donors (Lipinski definition) is 15. The summed E-state index contributed by atoms with van der Waals surface area (Å²) >= 11 is 0. The minimum atomic E-state index is -2.08. The second-order valence-electron chi connectivity index (χ2n) is 10.9. The Morgan fingerprint density at radius 1 is 0.511 bits per heavy atom. The van der Waals surface area contributed by atoms with Crippen LogP contribution in [0.3, 0.4) is 0 Å². The van der Waals surface area contributed by atoms with Gasteiger partial charge in [0.2, 0.25) is 0 Å². The van der Waals surface area contributed by atoms with E-state index in [2.05, 4.69) is 0 Å². The molecule has 21 nitrogen and oxygen atoms in total. The molecule has 0 aromatic heterocycles. The van der Waals surface area contributed by atoms with Crippen molar-refractivity contribution in [2.24, 2.45) is 0 Å². The molecule has 3 rings (SSSR count). The van der Waals surface area contributed by atoms with E-state index in [4.69, 9.17) is 33.5 Å². The van der Waals surface area contributed by atoms with E-state index in [1.165, 1.54) is 0 Å². The van der Waals surface area contributed by atoms with Crippen molar-refractivity contribution in [1.82, 2.24) is 0 Å². The third-order valence-corrected chi connectivity index (χ3v) is 7.83. The van der Waals surface area contributed by atoms with Gasteiger partial charge >= 0.3 is 0 Å². The lowest BCUT2D eigenvalue weighted by molar-refractivity contribution is -0.372. The highest BCUT2D eigenvalue weighted by molar-refractivity contribution is 4.95. The summed E-state index contributed by atoms with van der Waals surface area (Å²) in [6.07, 6.45) is -34.5. The van der Waals surface area contributed by atoms with E-state index < -0.39 is 150 Å². The van der Waals surface area contributed by atoms with Crippen molar-refractivity contribution in [1.29, 1.82) is 0 Å².